The number of hydrogen-bond donors (Lipinski definition) is 0. The Morgan fingerprint density at radius 1 is 1.17 bits per heavy atom. The monoisotopic (exact) mass is 105 g/mol. The molecule has 0 atom stereocenters. The summed E-state index contributed by atoms with van der Waals surface area (Å²) in [7, 11) is 0. The van der Waals surface area contributed by atoms with E-state index in [-0.39, 0.29) is 0 Å². The molecule has 1 aliphatic rings. The first-order valence-corrected chi connectivity index (χ1v) is 3.47. The van der Waals surface area contributed by atoms with E-state index in [1.807, 2.05) is 0 Å². The molecule has 1 nitrogen and oxygen atoms in total. The van der Waals surface area contributed by atoms with E-state index in [2.05, 4.69) is 0 Å². The maximum absolute atomic E-state index is 5.06. The lowest BCUT2D eigenvalue weighted by atomic mass is 10.8. The lowest BCUT2D eigenvalue weighted by molar-refractivity contribution is 0.160. The molecular weight excluding hydrogens is 96.1 g/mol. The zero-order valence-electron chi connectivity index (χ0n) is 3.68. The Morgan fingerprint density at radius 3 is 2.00 bits per heavy atom. The van der Waals surface area contributed by atoms with E-state index in [1.54, 1.807) is 11.8 Å². The van der Waals surface area contributed by atoms with Crippen LogP contribution in [0, 0.1) is 0 Å². The molecule has 0 aromatic rings. The van der Waals surface area contributed by atoms with Crippen molar-refractivity contribution in [2.24, 2.45) is 0 Å². The average molecular weight is 105 g/mol. The van der Waals surface area contributed by atoms with Crippen LogP contribution in [0.3, 0.4) is 0 Å². The topological polar surface area (TPSA) is 9.23 Å². The van der Waals surface area contributed by atoms with Crippen molar-refractivity contribution in [1.29, 1.82) is 0 Å². The molecule has 0 saturated carbocycles. The van der Waals surface area contributed by atoms with Gasteiger partial charge in [-0.05, 0) is 11.8 Å². The first kappa shape index (κ1) is 4.47. The summed E-state index contributed by atoms with van der Waals surface area (Å²) in [6.45, 7) is 1.98. The van der Waals surface area contributed by atoms with Crippen molar-refractivity contribution < 1.29 is 4.74 Å². The molecule has 0 unspecified atom stereocenters. The quantitative estimate of drug-likeness (QED) is 0.307. The third-order valence-corrected chi connectivity index (χ3v) is 1.79. The van der Waals surface area contributed by atoms with Gasteiger partial charge in [-0.15, -0.1) is 0 Å². The van der Waals surface area contributed by atoms with Crippen molar-refractivity contribution in [3.8, 4) is 0 Å². The van der Waals surface area contributed by atoms with Gasteiger partial charge in [-0.1, -0.05) is 0 Å². The van der Waals surface area contributed by atoms with Crippen molar-refractivity contribution in [3.05, 3.63) is 0 Å². The Bertz CT molecular complexity index is 23.0. The molecule has 0 bridgehead atoms. The van der Waals surface area contributed by atoms with Gasteiger partial charge in [-0.2, -0.15) is 0 Å². The molecule has 1 fully saturated rings. The van der Waals surface area contributed by atoms with Crippen LogP contribution in [0.5, 0.6) is 0 Å². The second-order valence-corrected chi connectivity index (χ2v) is 2.62. The third-order valence-electron chi connectivity index (χ3n) is 0.787. The van der Waals surface area contributed by atoms with Gasteiger partial charge in [0.25, 0.3) is 0 Å². The van der Waals surface area contributed by atoms with Crippen LogP contribution < -0.4 is 0 Å². The summed E-state index contributed by atoms with van der Waals surface area (Å²) in [5.41, 5.74) is 0. The van der Waals surface area contributed by atoms with Crippen LogP contribution in [-0.2, 0) is 16.5 Å². The van der Waals surface area contributed by atoms with Crippen LogP contribution in [0.25, 0.3) is 0 Å². The van der Waals surface area contributed by atoms with Gasteiger partial charge in [-0.3, -0.25) is 0 Å². The van der Waals surface area contributed by atoms with E-state index in [1.165, 1.54) is 11.5 Å². The molecule has 0 amide bonds. The number of hydrogen-bond acceptors (Lipinski definition) is 1. The Balaban J connectivity index is 2.00. The second kappa shape index (κ2) is 2.48. The largest absolute Gasteiger partial charge is 0.372 e. The Hall–Kier alpha value is 0.310. The summed E-state index contributed by atoms with van der Waals surface area (Å²) >= 11 is 1.57. The third kappa shape index (κ3) is 1.19. The fraction of sp³-hybridized carbons (Fsp3) is 1.00. The minimum absolute atomic E-state index is 0.988. The van der Waals surface area contributed by atoms with E-state index in [4.69, 9.17) is 4.74 Å². The summed E-state index contributed by atoms with van der Waals surface area (Å²) < 4.78 is 5.06. The summed E-state index contributed by atoms with van der Waals surface area (Å²) in [6, 6.07) is 0. The van der Waals surface area contributed by atoms with Gasteiger partial charge in [0.05, 0.1) is 13.2 Å². The van der Waals surface area contributed by atoms with Crippen molar-refractivity contribution in [1.82, 2.24) is 0 Å². The van der Waals surface area contributed by atoms with Crippen LogP contribution >= 0.6 is 0 Å². The highest BCUT2D eigenvalue weighted by molar-refractivity contribution is 7.78. The van der Waals surface area contributed by atoms with Crippen LogP contribution in [0.15, 0.2) is 0 Å². The zero-order valence-corrected chi connectivity index (χ0v) is 4.58. The molecule has 0 N–H and O–H groups in total. The predicted octanol–water partition coefficient (Wildman–Crippen LogP) is -0.169. The first-order valence-electron chi connectivity index (χ1n) is 2.21. The summed E-state index contributed by atoms with van der Waals surface area (Å²) in [5, 5.41) is 0. The Labute approximate surface area is 42.1 Å². The van der Waals surface area contributed by atoms with Crippen LogP contribution in [0.1, 0.15) is 0 Å². The van der Waals surface area contributed by atoms with Gasteiger partial charge >= 0.3 is 0 Å². The summed E-state index contributed by atoms with van der Waals surface area (Å²) in [4.78, 5) is 0. The fourth-order valence-electron chi connectivity index (χ4n) is 0.472. The van der Waals surface area contributed by atoms with Crippen molar-refractivity contribution in [2.75, 3.05) is 24.7 Å². The minimum Gasteiger partial charge on any atom is -0.372 e. The highest BCUT2D eigenvalue weighted by atomic mass is 32.2. The van der Waals surface area contributed by atoms with Crippen molar-refractivity contribution in [2.45, 2.75) is 0 Å². The van der Waals surface area contributed by atoms with E-state index in [9.17, 15) is 0 Å². The molecule has 1 saturated heterocycles. The molecule has 0 aromatic carbocycles. The average Bonchev–Trinajstić information content (AvgIpc) is 1.72. The molecule has 0 aromatic heterocycles. The Kier molecular flexibility index (Phi) is 1.85. The molecule has 1 rings (SSSR count). The minimum atomic E-state index is 0.988. The standard InChI is InChI=1S/C4H8OS/c1-3-6-4-2-5-1/h1-4H2/p+1. The molecule has 36 valence electrons. The first-order chi connectivity index (χ1) is 3.00. The summed E-state index contributed by atoms with van der Waals surface area (Å²) in [6.07, 6.45) is 0. The highest BCUT2D eigenvalue weighted by Crippen LogP contribution is 1.86. The maximum atomic E-state index is 5.06. The van der Waals surface area contributed by atoms with Gasteiger partial charge in [0, 0.05) is 0 Å². The Morgan fingerprint density at radius 2 is 1.83 bits per heavy atom. The molecule has 2 heteroatoms. The molecule has 6 heavy (non-hydrogen) atoms. The molecule has 0 aliphatic carbocycles. The van der Waals surface area contributed by atoms with Crippen LogP contribution in [0.2, 0.25) is 0 Å². The van der Waals surface area contributed by atoms with Crippen LogP contribution in [0.4, 0.5) is 0 Å². The van der Waals surface area contributed by atoms with Gasteiger partial charge in [0.2, 0.25) is 0 Å². The number of thiol groups is 1. The molecule has 0 spiro atoms. The number of ether oxygens (including phenoxy) is 1. The molecule has 1 aliphatic heterocycles. The van der Waals surface area contributed by atoms with E-state index < -0.39 is 0 Å². The molecular formula is C4H9OS+. The predicted molar refractivity (Wildman–Crippen MR) is 29.3 cm³/mol. The summed E-state index contributed by atoms with van der Waals surface area (Å²) in [5.74, 6) is 2.50. The SMILES string of the molecule is C1C[SH+]CCO1. The normalized spacial score (nSPS) is 24.0. The maximum Gasteiger partial charge on any atom is 0.129 e. The fourth-order valence-corrected chi connectivity index (χ4v) is 1.21. The van der Waals surface area contributed by atoms with Gasteiger partial charge in [0.15, 0.2) is 0 Å². The van der Waals surface area contributed by atoms with Gasteiger partial charge in [-0.25, -0.2) is 0 Å². The van der Waals surface area contributed by atoms with Crippen molar-refractivity contribution in [3.63, 3.8) is 0 Å². The lowest BCUT2D eigenvalue weighted by Gasteiger charge is -2.01. The highest BCUT2D eigenvalue weighted by Gasteiger charge is 2.02. The van der Waals surface area contributed by atoms with E-state index in [0.29, 0.717) is 0 Å². The van der Waals surface area contributed by atoms with Crippen LogP contribution in [-0.4, -0.2) is 24.7 Å². The van der Waals surface area contributed by atoms with E-state index in [0.717, 1.165) is 13.2 Å². The zero-order chi connectivity index (χ0) is 4.24. The van der Waals surface area contributed by atoms with E-state index >= 15 is 0 Å². The smallest absolute Gasteiger partial charge is 0.129 e. The van der Waals surface area contributed by atoms with Crippen molar-refractivity contribution >= 4 is 11.8 Å². The lowest BCUT2D eigenvalue weighted by Crippen LogP contribution is -2.15. The molecule has 1 heterocycles. The van der Waals surface area contributed by atoms with Gasteiger partial charge in [0.1, 0.15) is 11.5 Å². The second-order valence-electron chi connectivity index (χ2n) is 1.28. The number of rotatable bonds is 0. The van der Waals surface area contributed by atoms with Gasteiger partial charge < -0.3 is 4.74 Å². The molecule has 0 radical (unpaired) electrons.